The van der Waals surface area contributed by atoms with Crippen LogP contribution in [0, 0.1) is 5.41 Å². The summed E-state index contributed by atoms with van der Waals surface area (Å²) in [5.41, 5.74) is 0.937. The van der Waals surface area contributed by atoms with Gasteiger partial charge in [0.2, 0.25) is 0 Å². The summed E-state index contributed by atoms with van der Waals surface area (Å²) in [5.74, 6) is 0.874. The molecule has 4 heteroatoms. The number of methoxy groups -OCH3 is 2. The van der Waals surface area contributed by atoms with Crippen molar-refractivity contribution in [1.29, 1.82) is 0 Å². The molecule has 21 heavy (non-hydrogen) atoms. The molecule has 0 saturated heterocycles. The second kappa shape index (κ2) is 5.68. The summed E-state index contributed by atoms with van der Waals surface area (Å²) in [6.45, 7) is 1.65. The van der Waals surface area contributed by atoms with Crippen molar-refractivity contribution in [3.05, 3.63) is 29.8 Å². The minimum absolute atomic E-state index is 0.0480. The van der Waals surface area contributed by atoms with Gasteiger partial charge in [0.25, 0.3) is 0 Å². The molecule has 0 aliphatic heterocycles. The second-order valence-electron chi connectivity index (χ2n) is 6.22. The van der Waals surface area contributed by atoms with E-state index in [0.717, 1.165) is 31.7 Å². The molecule has 0 spiro atoms. The third-order valence-electron chi connectivity index (χ3n) is 4.61. The molecule has 3 rings (SSSR count). The first kappa shape index (κ1) is 14.4. The first-order chi connectivity index (χ1) is 10.2. The Balaban J connectivity index is 1.72. The molecule has 4 nitrogen and oxygen atoms in total. The van der Waals surface area contributed by atoms with Crippen molar-refractivity contribution >= 4 is 5.97 Å². The average molecular weight is 289 g/mol. The zero-order valence-electron chi connectivity index (χ0n) is 12.8. The van der Waals surface area contributed by atoms with E-state index in [1.54, 1.807) is 7.11 Å². The molecule has 2 fully saturated rings. The lowest BCUT2D eigenvalue weighted by molar-refractivity contribution is -0.148. The minimum atomic E-state index is -0.251. The van der Waals surface area contributed by atoms with Crippen molar-refractivity contribution in [3.63, 3.8) is 0 Å². The first-order valence-electron chi connectivity index (χ1n) is 7.63. The highest BCUT2D eigenvalue weighted by molar-refractivity contribution is 5.80. The number of rotatable bonds is 7. The summed E-state index contributed by atoms with van der Waals surface area (Å²) in [4.78, 5) is 14.4. The van der Waals surface area contributed by atoms with Crippen molar-refractivity contribution in [2.75, 3.05) is 20.8 Å². The molecule has 1 aromatic carbocycles. The predicted octanol–water partition coefficient (Wildman–Crippen LogP) is 2.61. The number of hydrogen-bond donors (Lipinski definition) is 0. The van der Waals surface area contributed by atoms with Gasteiger partial charge in [-0.25, -0.2) is 0 Å². The fraction of sp³-hybridized carbons (Fsp3) is 0.588. The van der Waals surface area contributed by atoms with Gasteiger partial charge < -0.3 is 9.47 Å². The Hall–Kier alpha value is -1.55. The lowest BCUT2D eigenvalue weighted by Crippen LogP contribution is -2.36. The highest BCUT2D eigenvalue weighted by Crippen LogP contribution is 2.49. The Morgan fingerprint density at radius 3 is 2.57 bits per heavy atom. The highest BCUT2D eigenvalue weighted by atomic mass is 16.5. The summed E-state index contributed by atoms with van der Waals surface area (Å²) < 4.78 is 10.4. The van der Waals surface area contributed by atoms with Gasteiger partial charge in [-0.1, -0.05) is 18.2 Å². The van der Waals surface area contributed by atoms with E-state index in [9.17, 15) is 4.79 Å². The first-order valence-corrected chi connectivity index (χ1v) is 7.63. The van der Waals surface area contributed by atoms with Crippen LogP contribution in [-0.4, -0.2) is 37.7 Å². The van der Waals surface area contributed by atoms with Gasteiger partial charge in [-0.15, -0.1) is 0 Å². The molecule has 0 heterocycles. The molecule has 0 atom stereocenters. The lowest BCUT2D eigenvalue weighted by atomic mass is 10.1. The van der Waals surface area contributed by atoms with E-state index in [1.165, 1.54) is 25.5 Å². The maximum absolute atomic E-state index is 12.0. The van der Waals surface area contributed by atoms with Crippen molar-refractivity contribution in [3.8, 4) is 5.75 Å². The summed E-state index contributed by atoms with van der Waals surface area (Å²) in [6, 6.07) is 8.73. The molecular formula is C17H23NO3. The van der Waals surface area contributed by atoms with Crippen LogP contribution in [0.1, 0.15) is 31.2 Å². The molecule has 0 amide bonds. The SMILES string of the molecule is COC(=O)C1(CN(Cc2ccccc2OC)C2CC2)CC1. The topological polar surface area (TPSA) is 38.8 Å². The normalized spacial score (nSPS) is 19.4. The maximum Gasteiger partial charge on any atom is 0.313 e. The van der Waals surface area contributed by atoms with Crippen LogP contribution in [0.2, 0.25) is 0 Å². The molecule has 0 radical (unpaired) electrons. The Bertz CT molecular complexity index is 521. The monoisotopic (exact) mass is 289 g/mol. The van der Waals surface area contributed by atoms with Gasteiger partial charge in [0.05, 0.1) is 19.6 Å². The van der Waals surface area contributed by atoms with Crippen LogP contribution in [0.5, 0.6) is 5.75 Å². The second-order valence-corrected chi connectivity index (χ2v) is 6.22. The number of para-hydroxylation sites is 1. The lowest BCUT2D eigenvalue weighted by Gasteiger charge is -2.26. The van der Waals surface area contributed by atoms with Gasteiger partial charge >= 0.3 is 5.97 Å². The van der Waals surface area contributed by atoms with Crippen molar-refractivity contribution in [1.82, 2.24) is 4.90 Å². The standard InChI is InChI=1S/C17H23NO3/c1-20-15-6-4-3-5-13(15)11-18(14-7-8-14)12-17(9-10-17)16(19)21-2/h3-6,14H,7-12H2,1-2H3. The van der Waals surface area contributed by atoms with Crippen LogP contribution in [0.15, 0.2) is 24.3 Å². The molecule has 2 saturated carbocycles. The van der Waals surface area contributed by atoms with E-state index in [1.807, 2.05) is 18.2 Å². The van der Waals surface area contributed by atoms with Crippen molar-refractivity contribution in [2.45, 2.75) is 38.3 Å². The molecule has 114 valence electrons. The van der Waals surface area contributed by atoms with Gasteiger partial charge in [-0.3, -0.25) is 9.69 Å². The number of benzene rings is 1. The number of esters is 1. The number of carbonyl (C=O) groups is 1. The zero-order valence-corrected chi connectivity index (χ0v) is 12.8. The number of nitrogens with zero attached hydrogens (tertiary/aromatic N) is 1. The molecule has 1 aromatic rings. The van der Waals surface area contributed by atoms with E-state index in [-0.39, 0.29) is 11.4 Å². The fourth-order valence-corrected chi connectivity index (χ4v) is 2.99. The molecule has 0 aromatic heterocycles. The third-order valence-corrected chi connectivity index (χ3v) is 4.61. The quantitative estimate of drug-likeness (QED) is 0.723. The van der Waals surface area contributed by atoms with Crippen LogP contribution in [-0.2, 0) is 16.1 Å². The molecule has 0 unspecified atom stereocenters. The Morgan fingerprint density at radius 2 is 2.00 bits per heavy atom. The molecular weight excluding hydrogens is 266 g/mol. The Labute approximate surface area is 126 Å². The van der Waals surface area contributed by atoms with Crippen LogP contribution >= 0.6 is 0 Å². The minimum Gasteiger partial charge on any atom is -0.496 e. The van der Waals surface area contributed by atoms with Crippen LogP contribution < -0.4 is 4.74 Å². The smallest absolute Gasteiger partial charge is 0.313 e. The van der Waals surface area contributed by atoms with Gasteiger partial charge in [0, 0.05) is 24.7 Å². The average Bonchev–Trinajstić information content (AvgIpc) is 3.39. The van der Waals surface area contributed by atoms with Crippen molar-refractivity contribution < 1.29 is 14.3 Å². The Morgan fingerprint density at radius 1 is 1.29 bits per heavy atom. The molecule has 0 bridgehead atoms. The fourth-order valence-electron chi connectivity index (χ4n) is 2.99. The molecule has 2 aliphatic carbocycles. The van der Waals surface area contributed by atoms with Gasteiger partial charge in [0.15, 0.2) is 0 Å². The van der Waals surface area contributed by atoms with Crippen LogP contribution in [0.4, 0.5) is 0 Å². The maximum atomic E-state index is 12.0. The number of hydrogen-bond acceptors (Lipinski definition) is 4. The van der Waals surface area contributed by atoms with E-state index < -0.39 is 0 Å². The Kier molecular flexibility index (Phi) is 3.89. The van der Waals surface area contributed by atoms with E-state index >= 15 is 0 Å². The summed E-state index contributed by atoms with van der Waals surface area (Å²) in [7, 11) is 3.20. The van der Waals surface area contributed by atoms with Gasteiger partial charge in [0.1, 0.15) is 5.75 Å². The van der Waals surface area contributed by atoms with Crippen LogP contribution in [0.3, 0.4) is 0 Å². The summed E-state index contributed by atoms with van der Waals surface area (Å²) >= 11 is 0. The molecule has 0 N–H and O–H groups in total. The third kappa shape index (κ3) is 3.05. The largest absolute Gasteiger partial charge is 0.496 e. The predicted molar refractivity (Wildman–Crippen MR) is 80.1 cm³/mol. The highest BCUT2D eigenvalue weighted by Gasteiger charge is 2.53. The summed E-state index contributed by atoms with van der Waals surface area (Å²) in [5, 5.41) is 0. The zero-order chi connectivity index (χ0) is 14.9. The number of carbonyl (C=O) groups excluding carboxylic acids is 1. The van der Waals surface area contributed by atoms with Crippen molar-refractivity contribution in [2.24, 2.45) is 5.41 Å². The van der Waals surface area contributed by atoms with E-state index in [0.29, 0.717) is 6.04 Å². The van der Waals surface area contributed by atoms with Crippen LogP contribution in [0.25, 0.3) is 0 Å². The summed E-state index contributed by atoms with van der Waals surface area (Å²) in [6.07, 6.45) is 4.36. The molecule has 2 aliphatic rings. The van der Waals surface area contributed by atoms with Gasteiger partial charge in [-0.05, 0) is 31.7 Å². The van der Waals surface area contributed by atoms with Gasteiger partial charge in [-0.2, -0.15) is 0 Å². The number of ether oxygens (including phenoxy) is 2. The van der Waals surface area contributed by atoms with E-state index in [2.05, 4.69) is 11.0 Å². The van der Waals surface area contributed by atoms with E-state index in [4.69, 9.17) is 9.47 Å².